The van der Waals surface area contributed by atoms with E-state index >= 15 is 0 Å². The van der Waals surface area contributed by atoms with Gasteiger partial charge in [0, 0.05) is 19.9 Å². The Hall–Kier alpha value is -2.04. The zero-order valence-corrected chi connectivity index (χ0v) is 10.1. The predicted octanol–water partition coefficient (Wildman–Crippen LogP) is 2.14. The highest BCUT2D eigenvalue weighted by atomic mass is 19.1. The van der Waals surface area contributed by atoms with Crippen LogP contribution in [-0.2, 0) is 18.3 Å². The van der Waals surface area contributed by atoms with Gasteiger partial charge in [0.1, 0.15) is 17.9 Å². The molecule has 0 bridgehead atoms. The minimum Gasteiger partial charge on any atom is -0.314 e. The third kappa shape index (κ3) is 2.45. The topological polar surface area (TPSA) is 47.8 Å². The fraction of sp³-hybridized carbons (Fsp3) is 0.308. The summed E-state index contributed by atoms with van der Waals surface area (Å²) in [6, 6.07) is 6.48. The molecule has 0 saturated heterocycles. The number of carbonyl (C=O) groups excluding carboxylic acids is 1. The Morgan fingerprint density at radius 2 is 2.11 bits per heavy atom. The molecule has 18 heavy (non-hydrogen) atoms. The molecule has 4 nitrogen and oxygen atoms in total. The Balaban J connectivity index is 2.25. The predicted molar refractivity (Wildman–Crippen MR) is 65.4 cm³/mol. The van der Waals surface area contributed by atoms with Crippen LogP contribution in [0.2, 0.25) is 0 Å². The minimum absolute atomic E-state index is 0.313. The molecule has 0 N–H and O–H groups in total. The Morgan fingerprint density at radius 3 is 2.83 bits per heavy atom. The molecule has 94 valence electrons. The molecule has 5 heteroatoms. The standard InChI is InChI=1S/C13H14FN3O/c1-17-12(8-4-5-9-18)15-16-13(17)10-6-2-3-7-11(10)14/h2-3,6-7,9H,4-5,8H2,1H3. The molecule has 1 aromatic carbocycles. The monoisotopic (exact) mass is 247 g/mol. The number of rotatable bonds is 5. The van der Waals surface area contributed by atoms with Gasteiger partial charge in [-0.25, -0.2) is 4.39 Å². The molecule has 0 aliphatic heterocycles. The van der Waals surface area contributed by atoms with E-state index in [-0.39, 0.29) is 5.82 Å². The maximum Gasteiger partial charge on any atom is 0.166 e. The smallest absolute Gasteiger partial charge is 0.166 e. The van der Waals surface area contributed by atoms with E-state index in [1.165, 1.54) is 6.07 Å². The maximum absolute atomic E-state index is 13.6. The van der Waals surface area contributed by atoms with Gasteiger partial charge in [0.05, 0.1) is 5.56 Å². The molecule has 0 saturated carbocycles. The first-order chi connectivity index (χ1) is 8.74. The Morgan fingerprint density at radius 1 is 1.33 bits per heavy atom. The molecule has 2 rings (SSSR count). The first-order valence-electron chi connectivity index (χ1n) is 5.81. The molecule has 2 aromatic rings. The van der Waals surface area contributed by atoms with Gasteiger partial charge in [0.2, 0.25) is 0 Å². The van der Waals surface area contributed by atoms with E-state index in [0.29, 0.717) is 24.2 Å². The van der Waals surface area contributed by atoms with Crippen LogP contribution < -0.4 is 0 Å². The summed E-state index contributed by atoms with van der Waals surface area (Å²) in [6.07, 6.45) is 2.78. The third-order valence-corrected chi connectivity index (χ3v) is 2.80. The van der Waals surface area contributed by atoms with Gasteiger partial charge in [0.25, 0.3) is 0 Å². The summed E-state index contributed by atoms with van der Waals surface area (Å²) >= 11 is 0. The highest BCUT2D eigenvalue weighted by Crippen LogP contribution is 2.20. The summed E-state index contributed by atoms with van der Waals surface area (Å²) in [4.78, 5) is 10.3. The number of aromatic nitrogens is 3. The van der Waals surface area contributed by atoms with Crippen LogP contribution in [0.25, 0.3) is 11.4 Å². The SMILES string of the molecule is Cn1c(CCCC=O)nnc1-c1ccccc1F. The summed E-state index contributed by atoms with van der Waals surface area (Å²) in [7, 11) is 1.80. The van der Waals surface area contributed by atoms with Gasteiger partial charge in [-0.3, -0.25) is 0 Å². The normalized spacial score (nSPS) is 10.6. The first-order valence-corrected chi connectivity index (χ1v) is 5.81. The number of halogens is 1. The number of carbonyl (C=O) groups is 1. The number of unbranched alkanes of at least 4 members (excludes halogenated alkanes) is 1. The van der Waals surface area contributed by atoms with Gasteiger partial charge in [-0.15, -0.1) is 10.2 Å². The zero-order valence-electron chi connectivity index (χ0n) is 10.1. The van der Waals surface area contributed by atoms with Crippen molar-refractivity contribution in [1.82, 2.24) is 14.8 Å². The van der Waals surface area contributed by atoms with Gasteiger partial charge in [0.15, 0.2) is 5.82 Å². The van der Waals surface area contributed by atoms with Gasteiger partial charge >= 0.3 is 0 Å². The van der Waals surface area contributed by atoms with E-state index in [2.05, 4.69) is 10.2 Å². The molecule has 1 heterocycles. The van der Waals surface area contributed by atoms with E-state index < -0.39 is 0 Å². The quantitative estimate of drug-likeness (QED) is 0.600. The van der Waals surface area contributed by atoms with Crippen molar-refractivity contribution in [2.75, 3.05) is 0 Å². The van der Waals surface area contributed by atoms with Crippen molar-refractivity contribution in [3.63, 3.8) is 0 Å². The van der Waals surface area contributed by atoms with Gasteiger partial charge in [-0.2, -0.15) is 0 Å². The molecule has 0 aliphatic carbocycles. The summed E-state index contributed by atoms with van der Waals surface area (Å²) < 4.78 is 15.4. The summed E-state index contributed by atoms with van der Waals surface area (Å²) in [5.74, 6) is 0.955. The van der Waals surface area contributed by atoms with Gasteiger partial charge in [-0.05, 0) is 18.6 Å². The second kappa shape index (κ2) is 5.53. The van der Waals surface area contributed by atoms with E-state index in [1.54, 1.807) is 29.8 Å². The van der Waals surface area contributed by atoms with Crippen molar-refractivity contribution < 1.29 is 9.18 Å². The van der Waals surface area contributed by atoms with Crippen molar-refractivity contribution >= 4 is 6.29 Å². The molecule has 0 amide bonds. The average molecular weight is 247 g/mol. The molecule has 0 aliphatic rings. The molecule has 0 radical (unpaired) electrons. The largest absolute Gasteiger partial charge is 0.314 e. The molecule has 0 unspecified atom stereocenters. The second-order valence-corrected chi connectivity index (χ2v) is 4.04. The Kier molecular flexibility index (Phi) is 3.82. The van der Waals surface area contributed by atoms with Crippen LogP contribution in [0.15, 0.2) is 24.3 Å². The molecular weight excluding hydrogens is 233 g/mol. The number of hydrogen-bond acceptors (Lipinski definition) is 3. The molecule has 0 fully saturated rings. The molecular formula is C13H14FN3O. The van der Waals surface area contributed by atoms with E-state index in [9.17, 15) is 9.18 Å². The van der Waals surface area contributed by atoms with Crippen LogP contribution in [-0.4, -0.2) is 21.1 Å². The lowest BCUT2D eigenvalue weighted by Crippen LogP contribution is -2.01. The number of benzene rings is 1. The number of hydrogen-bond donors (Lipinski definition) is 0. The Labute approximate surface area is 104 Å². The third-order valence-electron chi connectivity index (χ3n) is 2.80. The summed E-state index contributed by atoms with van der Waals surface area (Å²) in [6.45, 7) is 0. The van der Waals surface area contributed by atoms with E-state index in [0.717, 1.165) is 18.5 Å². The fourth-order valence-electron chi connectivity index (χ4n) is 1.80. The maximum atomic E-state index is 13.6. The lowest BCUT2D eigenvalue weighted by atomic mass is 10.2. The first kappa shape index (κ1) is 12.4. The van der Waals surface area contributed by atoms with Crippen molar-refractivity contribution in [3.05, 3.63) is 35.9 Å². The van der Waals surface area contributed by atoms with Crippen molar-refractivity contribution in [2.45, 2.75) is 19.3 Å². The number of aldehydes is 1. The van der Waals surface area contributed by atoms with Crippen molar-refractivity contribution in [2.24, 2.45) is 7.05 Å². The fourth-order valence-corrected chi connectivity index (χ4v) is 1.80. The van der Waals surface area contributed by atoms with Crippen LogP contribution >= 0.6 is 0 Å². The molecule has 1 aromatic heterocycles. The molecule has 0 atom stereocenters. The second-order valence-electron chi connectivity index (χ2n) is 4.04. The summed E-state index contributed by atoms with van der Waals surface area (Å²) in [5.41, 5.74) is 0.439. The van der Waals surface area contributed by atoms with Crippen molar-refractivity contribution in [1.29, 1.82) is 0 Å². The lowest BCUT2D eigenvalue weighted by Gasteiger charge is -2.04. The van der Waals surface area contributed by atoms with E-state index in [4.69, 9.17) is 0 Å². The average Bonchev–Trinajstić information content (AvgIpc) is 2.72. The van der Waals surface area contributed by atoms with Crippen LogP contribution in [0.1, 0.15) is 18.7 Å². The van der Waals surface area contributed by atoms with Gasteiger partial charge < -0.3 is 9.36 Å². The van der Waals surface area contributed by atoms with Gasteiger partial charge in [-0.1, -0.05) is 12.1 Å². The zero-order chi connectivity index (χ0) is 13.0. The van der Waals surface area contributed by atoms with Crippen LogP contribution in [0.4, 0.5) is 4.39 Å². The molecule has 0 spiro atoms. The van der Waals surface area contributed by atoms with Crippen molar-refractivity contribution in [3.8, 4) is 11.4 Å². The summed E-state index contributed by atoms with van der Waals surface area (Å²) in [5, 5.41) is 8.05. The number of nitrogens with zero attached hydrogens (tertiary/aromatic N) is 3. The van der Waals surface area contributed by atoms with Crippen LogP contribution in [0.5, 0.6) is 0 Å². The lowest BCUT2D eigenvalue weighted by molar-refractivity contribution is -0.107. The minimum atomic E-state index is -0.313. The highest BCUT2D eigenvalue weighted by Gasteiger charge is 2.13. The Bertz CT molecular complexity index is 551. The van der Waals surface area contributed by atoms with Crippen LogP contribution in [0, 0.1) is 5.82 Å². The highest BCUT2D eigenvalue weighted by molar-refractivity contribution is 5.56. The van der Waals surface area contributed by atoms with E-state index in [1.807, 2.05) is 0 Å². The van der Waals surface area contributed by atoms with Crippen LogP contribution in [0.3, 0.4) is 0 Å². The number of aryl methyl sites for hydroxylation is 1.